The molecular weight excluding hydrogens is 377 g/mol. The lowest BCUT2D eigenvalue weighted by molar-refractivity contribution is -0.138. The molecule has 0 radical (unpaired) electrons. The number of pyridine rings is 1. The summed E-state index contributed by atoms with van der Waals surface area (Å²) in [5, 5.41) is 12.7. The van der Waals surface area contributed by atoms with Gasteiger partial charge in [0.15, 0.2) is 5.12 Å². The van der Waals surface area contributed by atoms with Crippen LogP contribution < -0.4 is 5.32 Å². The van der Waals surface area contributed by atoms with Gasteiger partial charge in [-0.1, -0.05) is 0 Å². The minimum atomic E-state index is -1.31. The fourth-order valence-electron chi connectivity index (χ4n) is 2.91. The van der Waals surface area contributed by atoms with Crippen LogP contribution >= 0.6 is 22.2 Å². The van der Waals surface area contributed by atoms with Gasteiger partial charge in [-0.05, 0) is 18.2 Å². The molecule has 1 aliphatic heterocycles. The van der Waals surface area contributed by atoms with E-state index in [-0.39, 0.29) is 17.4 Å². The van der Waals surface area contributed by atoms with Crippen LogP contribution in [0.3, 0.4) is 0 Å². The zero-order chi connectivity index (χ0) is 18.3. The smallest absolute Gasteiger partial charge is 0.305 e. The molecule has 4 rings (SSSR count). The van der Waals surface area contributed by atoms with Crippen molar-refractivity contribution in [2.24, 2.45) is 0 Å². The summed E-state index contributed by atoms with van der Waals surface area (Å²) in [6.07, 6.45) is 2.98. The van der Waals surface area contributed by atoms with E-state index in [0.717, 1.165) is 20.3 Å². The van der Waals surface area contributed by atoms with Crippen LogP contribution in [0.5, 0.6) is 0 Å². The molecule has 0 spiro atoms. The first-order valence-electron chi connectivity index (χ1n) is 7.80. The number of fused-ring (bicyclic) bond motifs is 2. The minimum absolute atomic E-state index is 0.131. The molecule has 2 aromatic heterocycles. The summed E-state index contributed by atoms with van der Waals surface area (Å²) in [6, 6.07) is 5.41. The average Bonchev–Trinajstić information content (AvgIpc) is 2.99. The van der Waals surface area contributed by atoms with E-state index in [4.69, 9.17) is 5.11 Å². The molecule has 26 heavy (non-hydrogen) atoms. The van der Waals surface area contributed by atoms with Crippen molar-refractivity contribution in [3.8, 4) is 0 Å². The van der Waals surface area contributed by atoms with Gasteiger partial charge in [0.1, 0.15) is 16.9 Å². The minimum Gasteiger partial charge on any atom is -0.481 e. The van der Waals surface area contributed by atoms with Crippen molar-refractivity contribution in [3.63, 3.8) is 0 Å². The summed E-state index contributed by atoms with van der Waals surface area (Å²) >= 11 is 1.42. The van der Waals surface area contributed by atoms with Gasteiger partial charge in [-0.25, -0.2) is 9.37 Å². The number of nitrogens with one attached hydrogen (secondary N) is 1. The Hall–Kier alpha value is -2.52. The van der Waals surface area contributed by atoms with Crippen molar-refractivity contribution in [1.29, 1.82) is 0 Å². The van der Waals surface area contributed by atoms with E-state index in [9.17, 15) is 14.0 Å². The van der Waals surface area contributed by atoms with E-state index in [1.165, 1.54) is 23.5 Å². The van der Waals surface area contributed by atoms with E-state index in [1.807, 2.05) is 0 Å². The number of nitrogens with zero attached hydrogens (tertiary/aromatic N) is 2. The van der Waals surface area contributed by atoms with Gasteiger partial charge in [0, 0.05) is 29.1 Å². The number of carboxylic acid groups (broad SMARTS) is 1. The summed E-state index contributed by atoms with van der Waals surface area (Å²) in [5.41, 5.74) is 1.31. The molecule has 1 aliphatic rings. The van der Waals surface area contributed by atoms with Crippen molar-refractivity contribution in [2.75, 3.05) is 5.32 Å². The number of hydrogen-bond acceptors (Lipinski definition) is 6. The van der Waals surface area contributed by atoms with Crippen molar-refractivity contribution in [1.82, 2.24) is 9.97 Å². The standard InChI is InChI=1S/C17H14FN3O3S2/c18-9-1-2-13-11(5-9)21-15(25-13)8-26-14-7-19-4-3-10(14)20-12(17(26)24)6-16(22)23/h1-5,7,12,20,26H,6,8H2,(H,22,23). The molecule has 0 amide bonds. The predicted molar refractivity (Wildman–Crippen MR) is 99.4 cm³/mol. The third-order valence-corrected chi connectivity index (χ3v) is 7.70. The SMILES string of the molecule is O=C(O)CC1Nc2ccncc2[SH](Cc2nc3cc(F)ccc3s2)C1=O. The summed E-state index contributed by atoms with van der Waals surface area (Å²) in [5.74, 6) is -0.987. The number of aromatic nitrogens is 2. The first-order valence-corrected chi connectivity index (χ1v) is 10.1. The number of carbonyl (C=O) groups excluding carboxylic acids is 1. The van der Waals surface area contributed by atoms with E-state index >= 15 is 0 Å². The monoisotopic (exact) mass is 391 g/mol. The van der Waals surface area contributed by atoms with Crippen LogP contribution in [-0.2, 0) is 15.3 Å². The van der Waals surface area contributed by atoms with Crippen LogP contribution in [0.15, 0.2) is 41.6 Å². The van der Waals surface area contributed by atoms with Gasteiger partial charge >= 0.3 is 5.97 Å². The highest BCUT2D eigenvalue weighted by Crippen LogP contribution is 2.49. The third-order valence-electron chi connectivity index (χ3n) is 4.05. The first-order chi connectivity index (χ1) is 12.5. The van der Waals surface area contributed by atoms with Gasteiger partial charge in [-0.2, -0.15) is 10.9 Å². The van der Waals surface area contributed by atoms with Crippen LogP contribution in [0.2, 0.25) is 0 Å². The predicted octanol–water partition coefficient (Wildman–Crippen LogP) is 3.19. The fourth-order valence-corrected chi connectivity index (χ4v) is 6.37. The average molecular weight is 391 g/mol. The summed E-state index contributed by atoms with van der Waals surface area (Å²) in [7, 11) is -1.31. The first kappa shape index (κ1) is 16.9. The number of hydrogen-bond donors (Lipinski definition) is 3. The zero-order valence-corrected chi connectivity index (χ0v) is 15.1. The number of carbonyl (C=O) groups is 2. The van der Waals surface area contributed by atoms with Crippen LogP contribution in [0, 0.1) is 5.82 Å². The number of thiol groups is 1. The fraction of sp³-hybridized carbons (Fsp3) is 0.176. The maximum absolute atomic E-state index is 13.4. The summed E-state index contributed by atoms with van der Waals surface area (Å²) in [4.78, 5) is 33.3. The quantitative estimate of drug-likeness (QED) is 0.592. The normalized spacial score (nSPS) is 20.6. The molecule has 3 aromatic rings. The summed E-state index contributed by atoms with van der Waals surface area (Å²) < 4.78 is 14.2. The molecule has 0 aliphatic carbocycles. The molecule has 2 atom stereocenters. The number of rotatable bonds is 4. The molecule has 9 heteroatoms. The van der Waals surface area contributed by atoms with Crippen molar-refractivity contribution >= 4 is 49.2 Å². The van der Waals surface area contributed by atoms with Gasteiger partial charge in [-0.15, -0.1) is 11.3 Å². The molecule has 3 heterocycles. The van der Waals surface area contributed by atoms with E-state index in [2.05, 4.69) is 15.3 Å². The lowest BCUT2D eigenvalue weighted by atomic mass is 10.2. The molecule has 1 aromatic carbocycles. The van der Waals surface area contributed by atoms with Crippen LogP contribution in [-0.4, -0.2) is 32.2 Å². The van der Waals surface area contributed by atoms with Crippen molar-refractivity contribution in [2.45, 2.75) is 23.1 Å². The van der Waals surface area contributed by atoms with E-state index < -0.39 is 22.9 Å². The number of halogens is 1. The third kappa shape index (κ3) is 3.15. The van der Waals surface area contributed by atoms with Crippen LogP contribution in [0.4, 0.5) is 10.1 Å². The molecule has 0 fully saturated rings. The maximum Gasteiger partial charge on any atom is 0.305 e. The Labute approximate surface area is 154 Å². The highest BCUT2D eigenvalue weighted by molar-refractivity contribution is 8.29. The van der Waals surface area contributed by atoms with Gasteiger partial charge < -0.3 is 10.4 Å². The lowest BCUT2D eigenvalue weighted by Gasteiger charge is -2.32. The van der Waals surface area contributed by atoms with Crippen molar-refractivity contribution in [3.05, 3.63) is 47.5 Å². The molecule has 6 nitrogen and oxygen atoms in total. The Balaban J connectivity index is 1.70. The zero-order valence-electron chi connectivity index (χ0n) is 13.3. The largest absolute Gasteiger partial charge is 0.481 e. The molecule has 0 bridgehead atoms. The number of benzene rings is 1. The van der Waals surface area contributed by atoms with Gasteiger partial charge in [0.2, 0.25) is 0 Å². The second kappa shape index (κ2) is 6.65. The van der Waals surface area contributed by atoms with E-state index in [1.54, 1.807) is 24.5 Å². The Bertz CT molecular complexity index is 1020. The Morgan fingerprint density at radius 3 is 3.04 bits per heavy atom. The highest BCUT2D eigenvalue weighted by atomic mass is 32.2. The molecule has 134 valence electrons. The second-order valence-corrected chi connectivity index (χ2v) is 9.04. The summed E-state index contributed by atoms with van der Waals surface area (Å²) in [6.45, 7) is 0. The van der Waals surface area contributed by atoms with Crippen LogP contribution in [0.25, 0.3) is 10.2 Å². The molecule has 0 saturated heterocycles. The highest BCUT2D eigenvalue weighted by Gasteiger charge is 2.34. The Morgan fingerprint density at radius 2 is 2.23 bits per heavy atom. The molecule has 2 unspecified atom stereocenters. The van der Waals surface area contributed by atoms with Crippen LogP contribution in [0.1, 0.15) is 11.4 Å². The number of aliphatic carboxylic acids is 1. The number of anilines is 1. The van der Waals surface area contributed by atoms with Gasteiger partial charge in [0.25, 0.3) is 0 Å². The second-order valence-electron chi connectivity index (χ2n) is 5.83. The Morgan fingerprint density at radius 1 is 1.38 bits per heavy atom. The van der Waals surface area contributed by atoms with E-state index in [0.29, 0.717) is 11.3 Å². The van der Waals surface area contributed by atoms with Gasteiger partial charge in [0.05, 0.1) is 22.3 Å². The Kier molecular flexibility index (Phi) is 4.33. The lowest BCUT2D eigenvalue weighted by Crippen LogP contribution is -2.35. The topological polar surface area (TPSA) is 92.2 Å². The maximum atomic E-state index is 13.4. The molecule has 0 saturated carbocycles. The number of thiazole rings is 1. The number of carboxylic acids is 1. The molecular formula is C17H14FN3O3S2. The van der Waals surface area contributed by atoms with Gasteiger partial charge in [-0.3, -0.25) is 14.6 Å². The van der Waals surface area contributed by atoms with Crippen molar-refractivity contribution < 1.29 is 19.1 Å². The molecule has 2 N–H and O–H groups in total.